The van der Waals surface area contributed by atoms with E-state index in [9.17, 15) is 18.7 Å². The third-order valence-corrected chi connectivity index (χ3v) is 3.92. The number of carbonyl (C=O) groups is 1. The van der Waals surface area contributed by atoms with Crippen LogP contribution in [0.1, 0.15) is 11.3 Å². The summed E-state index contributed by atoms with van der Waals surface area (Å²) < 4.78 is 30.7. The van der Waals surface area contributed by atoms with E-state index in [2.05, 4.69) is 0 Å². The smallest absolute Gasteiger partial charge is 0.270 e. The van der Waals surface area contributed by atoms with Crippen molar-refractivity contribution >= 4 is 16.9 Å². The van der Waals surface area contributed by atoms with Gasteiger partial charge in [0.1, 0.15) is 11.3 Å². The Morgan fingerprint density at radius 3 is 2.76 bits per heavy atom. The molecule has 2 heterocycles. The summed E-state index contributed by atoms with van der Waals surface area (Å²) in [5, 5.41) is 10.4. The number of hydrogen-bond donors (Lipinski definition) is 1. The zero-order valence-electron chi connectivity index (χ0n) is 11.5. The first-order chi connectivity index (χ1) is 9.90. The van der Waals surface area contributed by atoms with Crippen molar-refractivity contribution in [2.24, 2.45) is 0 Å². The predicted octanol–water partition coefficient (Wildman–Crippen LogP) is 2.12. The van der Waals surface area contributed by atoms with Gasteiger partial charge in [0.15, 0.2) is 5.60 Å². The highest BCUT2D eigenvalue weighted by Gasteiger charge is 2.50. The van der Waals surface area contributed by atoms with Crippen LogP contribution in [0.25, 0.3) is 11.0 Å². The predicted molar refractivity (Wildman–Crippen MR) is 72.2 cm³/mol. The van der Waals surface area contributed by atoms with Gasteiger partial charge in [0.05, 0.1) is 19.5 Å². The molecule has 4 nitrogen and oxygen atoms in total. The van der Waals surface area contributed by atoms with E-state index in [1.54, 1.807) is 6.92 Å². The van der Waals surface area contributed by atoms with Crippen molar-refractivity contribution in [3.05, 3.63) is 35.6 Å². The second-order valence-corrected chi connectivity index (χ2v) is 5.46. The maximum Gasteiger partial charge on any atom is 0.270 e. The minimum Gasteiger partial charge on any atom is -0.461 e. The number of alkyl halides is 2. The summed E-state index contributed by atoms with van der Waals surface area (Å²) in [5.74, 6) is 0.365. The van der Waals surface area contributed by atoms with Crippen molar-refractivity contribution in [2.75, 3.05) is 13.1 Å². The van der Waals surface area contributed by atoms with Crippen LogP contribution in [-0.2, 0) is 11.2 Å². The Balaban J connectivity index is 1.75. The fourth-order valence-corrected chi connectivity index (χ4v) is 2.63. The van der Waals surface area contributed by atoms with Gasteiger partial charge in [0.25, 0.3) is 6.43 Å². The monoisotopic (exact) mass is 295 g/mol. The molecule has 0 spiro atoms. The quantitative estimate of drug-likeness (QED) is 0.943. The van der Waals surface area contributed by atoms with Crippen LogP contribution < -0.4 is 0 Å². The maximum atomic E-state index is 12.5. The summed E-state index contributed by atoms with van der Waals surface area (Å²) in [5.41, 5.74) is -0.586. The summed E-state index contributed by atoms with van der Waals surface area (Å²) in [6.45, 7) is 1.13. The molecular weight excluding hydrogens is 280 g/mol. The molecule has 6 heteroatoms. The fraction of sp³-hybridized carbons (Fsp3) is 0.400. The van der Waals surface area contributed by atoms with E-state index < -0.39 is 12.0 Å². The number of furan rings is 1. The van der Waals surface area contributed by atoms with Crippen LogP contribution in [0.3, 0.4) is 0 Å². The average molecular weight is 295 g/mol. The van der Waals surface area contributed by atoms with Gasteiger partial charge < -0.3 is 14.4 Å². The highest BCUT2D eigenvalue weighted by Crippen LogP contribution is 2.30. The van der Waals surface area contributed by atoms with Crippen LogP contribution >= 0.6 is 0 Å². The largest absolute Gasteiger partial charge is 0.461 e. The van der Waals surface area contributed by atoms with Crippen LogP contribution in [0, 0.1) is 6.92 Å². The van der Waals surface area contributed by atoms with Crippen LogP contribution in [0.2, 0.25) is 0 Å². The second-order valence-electron chi connectivity index (χ2n) is 5.46. The molecule has 1 aromatic carbocycles. The molecule has 1 aromatic heterocycles. The maximum absolute atomic E-state index is 12.5. The van der Waals surface area contributed by atoms with Crippen molar-refractivity contribution in [2.45, 2.75) is 25.4 Å². The zero-order valence-corrected chi connectivity index (χ0v) is 11.5. The van der Waals surface area contributed by atoms with E-state index in [4.69, 9.17) is 4.42 Å². The molecule has 1 aliphatic heterocycles. The lowest BCUT2D eigenvalue weighted by Gasteiger charge is -2.45. The summed E-state index contributed by atoms with van der Waals surface area (Å²) in [6.07, 6.45) is -2.75. The first-order valence-corrected chi connectivity index (χ1v) is 6.66. The summed E-state index contributed by atoms with van der Waals surface area (Å²) in [4.78, 5) is 13.4. The number of amides is 1. The second kappa shape index (κ2) is 4.80. The number of aliphatic hydroxyl groups is 1. The Labute approximate surface area is 120 Å². The molecule has 0 bridgehead atoms. The van der Waals surface area contributed by atoms with Gasteiger partial charge >= 0.3 is 0 Å². The molecule has 0 radical (unpaired) electrons. The number of likely N-dealkylation sites (tertiary alicyclic amines) is 1. The summed E-state index contributed by atoms with van der Waals surface area (Å²) >= 11 is 0. The summed E-state index contributed by atoms with van der Waals surface area (Å²) in [7, 11) is 0. The molecular formula is C15H15F2NO3. The molecule has 1 aliphatic rings. The number of aryl methyl sites for hydroxylation is 1. The molecule has 3 rings (SSSR count). The van der Waals surface area contributed by atoms with Gasteiger partial charge in [-0.25, -0.2) is 8.78 Å². The van der Waals surface area contributed by atoms with Crippen molar-refractivity contribution in [1.82, 2.24) is 4.90 Å². The van der Waals surface area contributed by atoms with Crippen molar-refractivity contribution in [1.29, 1.82) is 0 Å². The molecule has 2 aromatic rings. The molecule has 0 unspecified atom stereocenters. The van der Waals surface area contributed by atoms with Gasteiger partial charge in [-0.15, -0.1) is 0 Å². The van der Waals surface area contributed by atoms with Crippen molar-refractivity contribution < 1.29 is 23.1 Å². The molecule has 0 aliphatic carbocycles. The molecule has 0 saturated carbocycles. The van der Waals surface area contributed by atoms with Crippen LogP contribution in [0.15, 0.2) is 28.7 Å². The standard InChI is InChI=1S/C15H15F2NO3/c1-9-11(10-4-2-3-5-12(10)21-9)6-13(19)18-7-15(20,8-18)14(16)17/h2-5,14,20H,6-8H2,1H3. The zero-order chi connectivity index (χ0) is 15.2. The van der Waals surface area contributed by atoms with E-state index in [0.29, 0.717) is 11.3 Å². The van der Waals surface area contributed by atoms with Gasteiger partial charge in [-0.1, -0.05) is 18.2 Å². The Hall–Kier alpha value is -1.95. The van der Waals surface area contributed by atoms with E-state index in [1.165, 1.54) is 4.90 Å². The van der Waals surface area contributed by atoms with E-state index in [0.717, 1.165) is 10.9 Å². The number of carbonyl (C=O) groups excluding carboxylic acids is 1. The number of nitrogens with zero attached hydrogens (tertiary/aromatic N) is 1. The molecule has 112 valence electrons. The lowest BCUT2D eigenvalue weighted by atomic mass is 9.93. The third-order valence-electron chi connectivity index (χ3n) is 3.92. The fourth-order valence-electron chi connectivity index (χ4n) is 2.63. The number of rotatable bonds is 3. The van der Waals surface area contributed by atoms with Gasteiger partial charge in [0, 0.05) is 10.9 Å². The van der Waals surface area contributed by atoms with Gasteiger partial charge in [-0.05, 0) is 13.0 Å². The number of para-hydroxylation sites is 1. The molecule has 21 heavy (non-hydrogen) atoms. The van der Waals surface area contributed by atoms with Crippen molar-refractivity contribution in [3.8, 4) is 0 Å². The Kier molecular flexibility index (Phi) is 3.20. The number of hydrogen-bond acceptors (Lipinski definition) is 3. The third kappa shape index (κ3) is 2.29. The minimum absolute atomic E-state index is 0.0855. The molecule has 0 atom stereocenters. The normalized spacial score (nSPS) is 17.3. The van der Waals surface area contributed by atoms with E-state index in [1.807, 2.05) is 24.3 Å². The lowest BCUT2D eigenvalue weighted by Crippen LogP contribution is -2.67. The van der Waals surface area contributed by atoms with E-state index in [-0.39, 0.29) is 25.4 Å². The molecule has 1 fully saturated rings. The molecule has 1 N–H and O–H groups in total. The highest BCUT2D eigenvalue weighted by atomic mass is 19.3. The highest BCUT2D eigenvalue weighted by molar-refractivity contribution is 5.89. The number of fused-ring (bicyclic) bond motifs is 1. The van der Waals surface area contributed by atoms with Gasteiger partial charge in [-0.3, -0.25) is 4.79 Å². The Bertz CT molecular complexity index is 689. The average Bonchev–Trinajstić information content (AvgIpc) is 2.71. The Morgan fingerprint density at radius 2 is 2.10 bits per heavy atom. The van der Waals surface area contributed by atoms with Crippen LogP contribution in [0.5, 0.6) is 0 Å². The van der Waals surface area contributed by atoms with Gasteiger partial charge in [-0.2, -0.15) is 0 Å². The van der Waals surface area contributed by atoms with Crippen LogP contribution in [-0.4, -0.2) is 41.0 Å². The van der Waals surface area contributed by atoms with Crippen molar-refractivity contribution in [3.63, 3.8) is 0 Å². The van der Waals surface area contributed by atoms with Crippen LogP contribution in [0.4, 0.5) is 8.78 Å². The lowest BCUT2D eigenvalue weighted by molar-refractivity contribution is -0.188. The topological polar surface area (TPSA) is 53.7 Å². The molecule has 1 saturated heterocycles. The van der Waals surface area contributed by atoms with Gasteiger partial charge in [0.2, 0.25) is 5.91 Å². The molecule has 1 amide bonds. The summed E-state index contributed by atoms with van der Waals surface area (Å²) in [6, 6.07) is 7.37. The SMILES string of the molecule is Cc1oc2ccccc2c1CC(=O)N1CC(O)(C(F)F)C1. The Morgan fingerprint density at radius 1 is 1.43 bits per heavy atom. The first kappa shape index (κ1) is 14.0. The number of benzene rings is 1. The van der Waals surface area contributed by atoms with E-state index >= 15 is 0 Å². The number of halogens is 2. The minimum atomic E-state index is -2.84. The first-order valence-electron chi connectivity index (χ1n) is 6.66. The number of β-amino-alcohol motifs (C(OH)–C–C–N with tert-alkyl or cyclic N) is 1.